The van der Waals surface area contributed by atoms with Gasteiger partial charge in [-0.25, -0.2) is 9.78 Å². The van der Waals surface area contributed by atoms with Crippen molar-refractivity contribution in [2.24, 2.45) is 0 Å². The summed E-state index contributed by atoms with van der Waals surface area (Å²) >= 11 is 0. The number of carbonyl (C=O) groups is 1. The summed E-state index contributed by atoms with van der Waals surface area (Å²) in [4.78, 5) is 20.6. The predicted octanol–water partition coefficient (Wildman–Crippen LogP) is 3.42. The largest absolute Gasteiger partial charge is 0.446 e. The fourth-order valence-electron chi connectivity index (χ4n) is 2.11. The molecule has 0 saturated heterocycles. The van der Waals surface area contributed by atoms with Crippen molar-refractivity contribution in [1.82, 2.24) is 9.97 Å². The molecule has 1 atom stereocenters. The molecule has 108 valence electrons. The number of esters is 1. The van der Waals surface area contributed by atoms with Crippen LogP contribution in [0, 0.1) is 0 Å². The third kappa shape index (κ3) is 3.17. The van der Waals surface area contributed by atoms with Crippen LogP contribution in [-0.4, -0.2) is 15.9 Å². The van der Waals surface area contributed by atoms with Crippen molar-refractivity contribution in [3.05, 3.63) is 96.1 Å². The maximum absolute atomic E-state index is 12.3. The van der Waals surface area contributed by atoms with Gasteiger partial charge in [0.1, 0.15) is 5.69 Å². The zero-order valence-corrected chi connectivity index (χ0v) is 11.8. The van der Waals surface area contributed by atoms with Crippen LogP contribution in [0.25, 0.3) is 0 Å². The Morgan fingerprint density at radius 3 is 2.14 bits per heavy atom. The Morgan fingerprint density at radius 1 is 0.818 bits per heavy atom. The second-order valence-corrected chi connectivity index (χ2v) is 4.67. The van der Waals surface area contributed by atoms with Gasteiger partial charge < -0.3 is 4.74 Å². The van der Waals surface area contributed by atoms with Crippen LogP contribution >= 0.6 is 0 Å². The standard InChI is InChI=1S/C18H14N2O2/c21-18(16-11-5-7-13-20-16)22-17(14-8-2-1-3-9-14)15-10-4-6-12-19-15/h1-13,17H. The van der Waals surface area contributed by atoms with Crippen molar-refractivity contribution >= 4 is 5.97 Å². The Morgan fingerprint density at radius 2 is 1.50 bits per heavy atom. The summed E-state index contributed by atoms with van der Waals surface area (Å²) in [5, 5.41) is 0. The first kappa shape index (κ1) is 13.9. The highest BCUT2D eigenvalue weighted by Crippen LogP contribution is 2.25. The molecule has 1 aromatic carbocycles. The molecule has 4 heteroatoms. The van der Waals surface area contributed by atoms with E-state index in [1.807, 2.05) is 48.5 Å². The average molecular weight is 290 g/mol. The Hall–Kier alpha value is -3.01. The van der Waals surface area contributed by atoms with E-state index in [9.17, 15) is 4.79 Å². The molecule has 0 aliphatic heterocycles. The summed E-state index contributed by atoms with van der Waals surface area (Å²) < 4.78 is 5.64. The molecule has 0 radical (unpaired) electrons. The number of nitrogens with zero attached hydrogens (tertiary/aromatic N) is 2. The fourth-order valence-corrected chi connectivity index (χ4v) is 2.11. The lowest BCUT2D eigenvalue weighted by Crippen LogP contribution is -2.15. The van der Waals surface area contributed by atoms with Crippen LogP contribution in [-0.2, 0) is 4.74 Å². The summed E-state index contributed by atoms with van der Waals surface area (Å²) in [5.41, 5.74) is 1.82. The lowest BCUT2D eigenvalue weighted by Gasteiger charge is -2.17. The summed E-state index contributed by atoms with van der Waals surface area (Å²) in [6.45, 7) is 0. The average Bonchev–Trinajstić information content (AvgIpc) is 2.62. The summed E-state index contributed by atoms with van der Waals surface area (Å²) in [7, 11) is 0. The molecule has 3 rings (SSSR count). The van der Waals surface area contributed by atoms with E-state index in [0.717, 1.165) is 5.56 Å². The third-order valence-corrected chi connectivity index (χ3v) is 3.16. The number of aromatic nitrogens is 2. The Balaban J connectivity index is 1.91. The number of rotatable bonds is 4. The van der Waals surface area contributed by atoms with E-state index in [-0.39, 0.29) is 5.69 Å². The summed E-state index contributed by atoms with van der Waals surface area (Å²) in [6.07, 6.45) is 2.69. The zero-order chi connectivity index (χ0) is 15.2. The first-order valence-electron chi connectivity index (χ1n) is 6.92. The molecule has 0 amide bonds. The molecule has 0 N–H and O–H groups in total. The van der Waals surface area contributed by atoms with E-state index >= 15 is 0 Å². The van der Waals surface area contributed by atoms with Crippen LogP contribution in [0.1, 0.15) is 27.8 Å². The summed E-state index contributed by atoms with van der Waals surface area (Å²) in [5.74, 6) is -0.472. The lowest BCUT2D eigenvalue weighted by molar-refractivity contribution is 0.0363. The fraction of sp³-hybridized carbons (Fsp3) is 0.0556. The van der Waals surface area contributed by atoms with Gasteiger partial charge in [0, 0.05) is 12.4 Å². The molecule has 0 fully saturated rings. The lowest BCUT2D eigenvalue weighted by atomic mass is 10.1. The zero-order valence-electron chi connectivity index (χ0n) is 11.8. The van der Waals surface area contributed by atoms with Crippen LogP contribution < -0.4 is 0 Å². The number of ether oxygens (including phenoxy) is 1. The highest BCUT2D eigenvalue weighted by atomic mass is 16.5. The van der Waals surface area contributed by atoms with E-state index in [4.69, 9.17) is 4.74 Å². The van der Waals surface area contributed by atoms with Gasteiger partial charge >= 0.3 is 5.97 Å². The maximum atomic E-state index is 12.3. The van der Waals surface area contributed by atoms with Crippen LogP contribution in [0.4, 0.5) is 0 Å². The molecule has 3 aromatic rings. The molecule has 0 saturated carbocycles. The molecule has 2 aromatic heterocycles. The van der Waals surface area contributed by atoms with Gasteiger partial charge in [0.2, 0.25) is 0 Å². The van der Waals surface area contributed by atoms with E-state index in [2.05, 4.69) is 9.97 Å². The van der Waals surface area contributed by atoms with Gasteiger partial charge in [0.15, 0.2) is 6.10 Å². The molecule has 0 aliphatic rings. The van der Waals surface area contributed by atoms with Crippen molar-refractivity contribution in [2.45, 2.75) is 6.10 Å². The van der Waals surface area contributed by atoms with Crippen molar-refractivity contribution in [2.75, 3.05) is 0 Å². The Bertz CT molecular complexity index is 691. The summed E-state index contributed by atoms with van der Waals surface area (Å²) in [6, 6.07) is 20.2. The van der Waals surface area contributed by atoms with Crippen molar-refractivity contribution in [3.63, 3.8) is 0 Å². The van der Waals surface area contributed by atoms with Crippen molar-refractivity contribution in [3.8, 4) is 0 Å². The predicted molar refractivity (Wildman–Crippen MR) is 82.2 cm³/mol. The number of pyridine rings is 2. The SMILES string of the molecule is O=C(OC(c1ccccc1)c1ccccn1)c1ccccn1. The molecule has 2 heterocycles. The molecular weight excluding hydrogens is 276 g/mol. The molecule has 0 bridgehead atoms. The second kappa shape index (κ2) is 6.63. The van der Waals surface area contributed by atoms with Crippen molar-refractivity contribution in [1.29, 1.82) is 0 Å². The van der Waals surface area contributed by atoms with Gasteiger partial charge in [-0.2, -0.15) is 0 Å². The van der Waals surface area contributed by atoms with Gasteiger partial charge in [-0.15, -0.1) is 0 Å². The first-order chi connectivity index (χ1) is 10.8. The van der Waals surface area contributed by atoms with E-state index in [1.165, 1.54) is 0 Å². The van der Waals surface area contributed by atoms with Gasteiger partial charge in [-0.1, -0.05) is 42.5 Å². The minimum absolute atomic E-state index is 0.277. The maximum Gasteiger partial charge on any atom is 0.357 e. The van der Waals surface area contributed by atoms with Crippen molar-refractivity contribution < 1.29 is 9.53 Å². The van der Waals surface area contributed by atoms with Gasteiger partial charge in [-0.05, 0) is 29.8 Å². The van der Waals surface area contributed by atoms with E-state index in [1.54, 1.807) is 30.6 Å². The number of carbonyl (C=O) groups excluding carboxylic acids is 1. The minimum Gasteiger partial charge on any atom is -0.446 e. The normalized spacial score (nSPS) is 11.6. The third-order valence-electron chi connectivity index (χ3n) is 3.16. The molecule has 0 spiro atoms. The molecule has 4 nitrogen and oxygen atoms in total. The highest BCUT2D eigenvalue weighted by Gasteiger charge is 2.21. The van der Waals surface area contributed by atoms with Gasteiger partial charge in [0.05, 0.1) is 5.69 Å². The van der Waals surface area contributed by atoms with Gasteiger partial charge in [-0.3, -0.25) is 4.98 Å². The number of hydrogen-bond acceptors (Lipinski definition) is 4. The van der Waals surface area contributed by atoms with Crippen LogP contribution in [0.3, 0.4) is 0 Å². The Labute approximate surface area is 128 Å². The van der Waals surface area contributed by atoms with E-state index in [0.29, 0.717) is 5.69 Å². The first-order valence-corrected chi connectivity index (χ1v) is 6.92. The Kier molecular flexibility index (Phi) is 4.20. The second-order valence-electron chi connectivity index (χ2n) is 4.67. The molecular formula is C18H14N2O2. The number of hydrogen-bond donors (Lipinski definition) is 0. The monoisotopic (exact) mass is 290 g/mol. The van der Waals surface area contributed by atoms with Crippen LogP contribution in [0.5, 0.6) is 0 Å². The molecule has 1 unspecified atom stereocenters. The molecule has 0 aliphatic carbocycles. The highest BCUT2D eigenvalue weighted by molar-refractivity contribution is 5.87. The van der Waals surface area contributed by atoms with Gasteiger partial charge in [0.25, 0.3) is 0 Å². The smallest absolute Gasteiger partial charge is 0.357 e. The number of benzene rings is 1. The van der Waals surface area contributed by atoms with Crippen LogP contribution in [0.15, 0.2) is 79.1 Å². The van der Waals surface area contributed by atoms with Crippen LogP contribution in [0.2, 0.25) is 0 Å². The quantitative estimate of drug-likeness (QED) is 0.691. The minimum atomic E-state index is -0.558. The molecule has 22 heavy (non-hydrogen) atoms. The topological polar surface area (TPSA) is 52.1 Å². The van der Waals surface area contributed by atoms with E-state index < -0.39 is 12.1 Å².